The highest BCUT2D eigenvalue weighted by Gasteiger charge is 2.45. The molecule has 0 unspecified atom stereocenters. The minimum absolute atomic E-state index is 0.0168. The first kappa shape index (κ1) is 26.9. The third-order valence-electron chi connectivity index (χ3n) is 9.32. The smallest absolute Gasteiger partial charge is 0.317 e. The van der Waals surface area contributed by atoms with E-state index in [2.05, 4.69) is 30.3 Å². The Balaban J connectivity index is 1.33. The van der Waals surface area contributed by atoms with Crippen LogP contribution in [0.4, 0.5) is 8.78 Å². The van der Waals surface area contributed by atoms with Gasteiger partial charge >= 0.3 is 6.01 Å². The quantitative estimate of drug-likeness (QED) is 0.292. The summed E-state index contributed by atoms with van der Waals surface area (Å²) in [5.74, 6) is 0.892. The number of aromatic amines is 1. The van der Waals surface area contributed by atoms with Gasteiger partial charge in [-0.1, -0.05) is 5.92 Å². The molecule has 1 N–H and O–H groups in total. The lowest BCUT2D eigenvalue weighted by molar-refractivity contribution is 0.0855. The van der Waals surface area contributed by atoms with Crippen molar-refractivity contribution >= 4 is 21.8 Å². The highest BCUT2D eigenvalue weighted by Crippen LogP contribution is 2.40. The average molecular weight is 595 g/mol. The van der Waals surface area contributed by atoms with Crippen molar-refractivity contribution in [3.63, 3.8) is 0 Å². The molecule has 0 radical (unpaired) electrons. The molecule has 44 heavy (non-hydrogen) atoms. The number of nitrogens with one attached hydrogen (secondary N) is 1. The van der Waals surface area contributed by atoms with E-state index in [1.54, 1.807) is 0 Å². The number of H-pyrrole nitrogens is 1. The normalized spacial score (nSPS) is 17.6. The van der Waals surface area contributed by atoms with Crippen molar-refractivity contribution in [1.29, 1.82) is 0 Å². The summed E-state index contributed by atoms with van der Waals surface area (Å²) in [5, 5.41) is 0.566. The SMILES string of the molecule is C#Cc1c(F)ccc2[nH]c(=O)cc(-c3ncc4c(-c5ccc6n5CCOC6)nc(OCC56CCCN5CCC6)nc4c3F)c12. The zero-order chi connectivity index (χ0) is 30.0. The van der Waals surface area contributed by atoms with E-state index < -0.39 is 17.2 Å². The second-order valence-electron chi connectivity index (χ2n) is 11.7. The lowest BCUT2D eigenvalue weighted by atomic mass is 9.95. The molecule has 0 amide bonds. The Kier molecular flexibility index (Phi) is 6.25. The van der Waals surface area contributed by atoms with E-state index in [0.717, 1.165) is 50.2 Å². The molecule has 9 nitrogen and oxygen atoms in total. The Hall–Kier alpha value is -4.66. The van der Waals surface area contributed by atoms with Crippen LogP contribution < -0.4 is 10.3 Å². The third-order valence-corrected chi connectivity index (χ3v) is 9.32. The number of hydrogen-bond acceptors (Lipinski definition) is 7. The maximum atomic E-state index is 16.7. The van der Waals surface area contributed by atoms with Crippen molar-refractivity contribution < 1.29 is 18.3 Å². The monoisotopic (exact) mass is 594 g/mol. The van der Waals surface area contributed by atoms with Gasteiger partial charge in [-0.3, -0.25) is 14.7 Å². The van der Waals surface area contributed by atoms with Crippen LogP contribution in [0.2, 0.25) is 0 Å². The van der Waals surface area contributed by atoms with Gasteiger partial charge in [-0.25, -0.2) is 8.78 Å². The Morgan fingerprint density at radius 2 is 1.93 bits per heavy atom. The second kappa shape index (κ2) is 10.2. The van der Waals surface area contributed by atoms with Gasteiger partial charge in [0.2, 0.25) is 5.56 Å². The van der Waals surface area contributed by atoms with Gasteiger partial charge in [-0.15, -0.1) is 6.42 Å². The van der Waals surface area contributed by atoms with Crippen LogP contribution in [0.3, 0.4) is 0 Å². The number of benzene rings is 1. The summed E-state index contributed by atoms with van der Waals surface area (Å²) in [6, 6.07) is 7.70. The summed E-state index contributed by atoms with van der Waals surface area (Å²) >= 11 is 0. The fourth-order valence-electron chi connectivity index (χ4n) is 7.24. The van der Waals surface area contributed by atoms with Crippen molar-refractivity contribution in [2.75, 3.05) is 26.3 Å². The van der Waals surface area contributed by atoms with E-state index in [1.165, 1.54) is 24.4 Å². The van der Waals surface area contributed by atoms with E-state index in [1.807, 2.05) is 12.1 Å². The van der Waals surface area contributed by atoms with Gasteiger partial charge in [-0.2, -0.15) is 9.97 Å². The lowest BCUT2D eigenvalue weighted by Crippen LogP contribution is -2.43. The van der Waals surface area contributed by atoms with Crippen LogP contribution in [0.25, 0.3) is 44.5 Å². The van der Waals surface area contributed by atoms with Gasteiger partial charge in [0.1, 0.15) is 29.3 Å². The van der Waals surface area contributed by atoms with Crippen molar-refractivity contribution in [3.8, 4) is 41.0 Å². The molecule has 11 heteroatoms. The predicted octanol–water partition coefficient (Wildman–Crippen LogP) is 4.80. The van der Waals surface area contributed by atoms with Gasteiger partial charge in [0.15, 0.2) is 5.82 Å². The maximum Gasteiger partial charge on any atom is 0.317 e. The van der Waals surface area contributed by atoms with Gasteiger partial charge in [0.05, 0.1) is 35.5 Å². The Morgan fingerprint density at radius 1 is 1.09 bits per heavy atom. The Labute approximate surface area is 250 Å². The molecule has 222 valence electrons. The third kappa shape index (κ3) is 4.12. The van der Waals surface area contributed by atoms with Crippen molar-refractivity contribution in [2.45, 2.75) is 44.4 Å². The van der Waals surface area contributed by atoms with Crippen molar-refractivity contribution in [1.82, 2.24) is 29.4 Å². The number of aromatic nitrogens is 5. The van der Waals surface area contributed by atoms with Crippen LogP contribution >= 0.6 is 0 Å². The first-order chi connectivity index (χ1) is 21.5. The maximum absolute atomic E-state index is 16.7. The molecule has 0 aliphatic carbocycles. The van der Waals surface area contributed by atoms with Crippen LogP contribution in [0.15, 0.2) is 41.3 Å². The van der Waals surface area contributed by atoms with E-state index in [9.17, 15) is 9.18 Å². The molecular weight excluding hydrogens is 566 g/mol. The molecule has 3 aliphatic heterocycles. The Morgan fingerprint density at radius 3 is 2.75 bits per heavy atom. The molecule has 1 aromatic carbocycles. The predicted molar refractivity (Wildman–Crippen MR) is 160 cm³/mol. The number of ether oxygens (including phenoxy) is 2. The van der Waals surface area contributed by atoms with Gasteiger partial charge in [0, 0.05) is 40.8 Å². The molecule has 2 saturated heterocycles. The van der Waals surface area contributed by atoms with Crippen LogP contribution in [0.5, 0.6) is 6.01 Å². The largest absolute Gasteiger partial charge is 0.461 e. The van der Waals surface area contributed by atoms with Crippen LogP contribution in [0, 0.1) is 24.0 Å². The fraction of sp³-hybridized carbons (Fsp3) is 0.333. The number of halogens is 2. The van der Waals surface area contributed by atoms with E-state index in [-0.39, 0.29) is 44.8 Å². The Bertz CT molecular complexity index is 2070. The molecule has 7 heterocycles. The summed E-state index contributed by atoms with van der Waals surface area (Å²) in [5.41, 5.74) is 1.73. The number of rotatable bonds is 5. The number of terminal acetylenes is 1. The van der Waals surface area contributed by atoms with Gasteiger partial charge in [0.25, 0.3) is 0 Å². The molecule has 0 spiro atoms. The molecule has 2 fully saturated rings. The molecule has 4 aromatic heterocycles. The topological polar surface area (TPSA) is 98.2 Å². The summed E-state index contributed by atoms with van der Waals surface area (Å²) in [4.78, 5) is 31.6. The fourth-order valence-corrected chi connectivity index (χ4v) is 7.24. The highest BCUT2D eigenvalue weighted by atomic mass is 19.1. The molecule has 8 rings (SSSR count). The molecule has 0 saturated carbocycles. The van der Waals surface area contributed by atoms with Gasteiger partial charge in [-0.05, 0) is 63.0 Å². The lowest BCUT2D eigenvalue weighted by Gasteiger charge is -2.31. The first-order valence-corrected chi connectivity index (χ1v) is 14.8. The highest BCUT2D eigenvalue weighted by molar-refractivity contribution is 6.00. The van der Waals surface area contributed by atoms with E-state index in [4.69, 9.17) is 20.9 Å². The summed E-state index contributed by atoms with van der Waals surface area (Å²) < 4.78 is 45.6. The molecular formula is C33H28F2N6O3. The zero-order valence-electron chi connectivity index (χ0n) is 23.8. The number of hydrogen-bond donors (Lipinski definition) is 1. The number of pyridine rings is 2. The van der Waals surface area contributed by atoms with E-state index >= 15 is 4.39 Å². The van der Waals surface area contributed by atoms with Crippen molar-refractivity contribution in [2.24, 2.45) is 0 Å². The second-order valence-corrected chi connectivity index (χ2v) is 11.7. The summed E-state index contributed by atoms with van der Waals surface area (Å²) in [6.45, 7) is 4.11. The van der Waals surface area contributed by atoms with Crippen LogP contribution in [-0.4, -0.2) is 61.2 Å². The molecule has 3 aliphatic rings. The summed E-state index contributed by atoms with van der Waals surface area (Å²) in [6.07, 6.45) is 11.4. The van der Waals surface area contributed by atoms with Gasteiger partial charge < -0.3 is 19.0 Å². The number of nitrogens with zero attached hydrogens (tertiary/aromatic N) is 5. The summed E-state index contributed by atoms with van der Waals surface area (Å²) in [7, 11) is 0. The standard InChI is InChI=1S/C33H28F2N6O3/c1-2-20-23(34)6-7-24-27(20)21(15-26(42)37-24)30-28(35)31-22(16-36-30)29(25-8-5-19-17-43-14-13-41(19)25)38-32(39-31)44-18-33-9-3-11-40(33)12-4-10-33/h1,5-8,15-16H,3-4,9-14,17-18H2,(H,37,42). The molecule has 5 aromatic rings. The van der Waals surface area contributed by atoms with Crippen LogP contribution in [-0.2, 0) is 17.9 Å². The average Bonchev–Trinajstić information content (AvgIpc) is 3.74. The van der Waals surface area contributed by atoms with Crippen LogP contribution in [0.1, 0.15) is 36.9 Å². The molecule has 0 bridgehead atoms. The first-order valence-electron chi connectivity index (χ1n) is 14.8. The molecule has 0 atom stereocenters. The minimum Gasteiger partial charge on any atom is -0.461 e. The van der Waals surface area contributed by atoms with E-state index in [0.29, 0.717) is 37.4 Å². The zero-order valence-corrected chi connectivity index (χ0v) is 23.8. The number of fused-ring (bicyclic) bond motifs is 4. The van der Waals surface area contributed by atoms with Crippen molar-refractivity contribution in [3.05, 3.63) is 69.8 Å². The minimum atomic E-state index is -0.787.